The number of rotatable bonds is 8. The van der Waals surface area contributed by atoms with Gasteiger partial charge in [0.2, 0.25) is 0 Å². The standard InChI is InChI=1S/C21H21ClN2O/c22-18-8-5-16(6-9-18)11-12-24-13-14-25-21-10-7-17(15-23)19-3-1-2-4-20(19)21/h1-10,15,23-24H,11-14H2. The van der Waals surface area contributed by atoms with E-state index in [4.69, 9.17) is 21.7 Å². The van der Waals surface area contributed by atoms with Crippen molar-refractivity contribution in [3.8, 4) is 5.75 Å². The maximum atomic E-state index is 7.51. The quantitative estimate of drug-likeness (QED) is 0.456. The zero-order valence-corrected chi connectivity index (χ0v) is 14.7. The monoisotopic (exact) mass is 352 g/mol. The molecule has 0 aliphatic rings. The molecule has 2 N–H and O–H groups in total. The van der Waals surface area contributed by atoms with Crippen molar-refractivity contribution < 1.29 is 4.74 Å². The second-order valence-electron chi connectivity index (χ2n) is 5.82. The molecule has 0 radical (unpaired) electrons. The predicted octanol–water partition coefficient (Wildman–Crippen LogP) is 4.70. The molecule has 3 nitrogen and oxygen atoms in total. The summed E-state index contributed by atoms with van der Waals surface area (Å²) in [5.41, 5.74) is 2.18. The maximum absolute atomic E-state index is 7.51. The van der Waals surface area contributed by atoms with E-state index in [1.54, 1.807) is 0 Å². The molecule has 0 amide bonds. The lowest BCUT2D eigenvalue weighted by Gasteiger charge is -2.11. The molecule has 0 atom stereocenters. The SMILES string of the molecule is N=Cc1ccc(OCCNCCc2ccc(Cl)cc2)c2ccccc12. The topological polar surface area (TPSA) is 45.1 Å². The van der Waals surface area contributed by atoms with Gasteiger partial charge in [-0.25, -0.2) is 0 Å². The first-order chi connectivity index (χ1) is 12.3. The lowest BCUT2D eigenvalue weighted by Crippen LogP contribution is -2.23. The summed E-state index contributed by atoms with van der Waals surface area (Å²) in [6.45, 7) is 2.29. The molecule has 0 aliphatic heterocycles. The van der Waals surface area contributed by atoms with Gasteiger partial charge in [-0.15, -0.1) is 0 Å². The summed E-state index contributed by atoms with van der Waals surface area (Å²) >= 11 is 5.89. The molecule has 0 saturated heterocycles. The van der Waals surface area contributed by atoms with Gasteiger partial charge < -0.3 is 15.5 Å². The number of nitrogens with one attached hydrogen (secondary N) is 2. The first-order valence-corrected chi connectivity index (χ1v) is 8.76. The smallest absolute Gasteiger partial charge is 0.127 e. The minimum atomic E-state index is 0.606. The van der Waals surface area contributed by atoms with Crippen LogP contribution in [0.15, 0.2) is 60.7 Å². The van der Waals surface area contributed by atoms with E-state index in [2.05, 4.69) is 17.4 Å². The number of hydrogen-bond donors (Lipinski definition) is 2. The second kappa shape index (κ2) is 8.65. The molecular weight excluding hydrogens is 332 g/mol. The molecule has 0 bridgehead atoms. The molecule has 0 fully saturated rings. The van der Waals surface area contributed by atoms with Crippen LogP contribution in [0.1, 0.15) is 11.1 Å². The van der Waals surface area contributed by atoms with Gasteiger partial charge >= 0.3 is 0 Å². The highest BCUT2D eigenvalue weighted by Crippen LogP contribution is 2.27. The summed E-state index contributed by atoms with van der Waals surface area (Å²) in [4.78, 5) is 0. The molecule has 0 spiro atoms. The van der Waals surface area contributed by atoms with E-state index < -0.39 is 0 Å². The van der Waals surface area contributed by atoms with Crippen LogP contribution < -0.4 is 10.1 Å². The fourth-order valence-corrected chi connectivity index (χ4v) is 2.91. The van der Waals surface area contributed by atoms with E-state index >= 15 is 0 Å². The van der Waals surface area contributed by atoms with Crippen molar-refractivity contribution in [2.75, 3.05) is 19.7 Å². The van der Waals surface area contributed by atoms with Crippen LogP contribution in [0.25, 0.3) is 10.8 Å². The Hall–Kier alpha value is -2.36. The Morgan fingerprint density at radius 3 is 2.44 bits per heavy atom. The van der Waals surface area contributed by atoms with Gasteiger partial charge in [0.15, 0.2) is 0 Å². The fraction of sp³-hybridized carbons (Fsp3) is 0.190. The van der Waals surface area contributed by atoms with Crippen molar-refractivity contribution in [1.29, 1.82) is 5.41 Å². The third-order valence-electron chi connectivity index (χ3n) is 4.11. The summed E-state index contributed by atoms with van der Waals surface area (Å²) in [5, 5.41) is 13.8. The van der Waals surface area contributed by atoms with E-state index in [9.17, 15) is 0 Å². The van der Waals surface area contributed by atoms with E-state index in [1.165, 1.54) is 11.8 Å². The Bertz CT molecular complexity index is 846. The largest absolute Gasteiger partial charge is 0.492 e. The van der Waals surface area contributed by atoms with E-state index in [1.807, 2.05) is 48.5 Å². The van der Waals surface area contributed by atoms with E-state index in [0.717, 1.165) is 46.6 Å². The van der Waals surface area contributed by atoms with Crippen LogP contribution in [-0.2, 0) is 6.42 Å². The first kappa shape index (κ1) is 17.5. The van der Waals surface area contributed by atoms with Crippen LogP contribution in [-0.4, -0.2) is 25.9 Å². The summed E-state index contributed by atoms with van der Waals surface area (Å²) in [7, 11) is 0. The van der Waals surface area contributed by atoms with E-state index in [-0.39, 0.29) is 0 Å². The van der Waals surface area contributed by atoms with Gasteiger partial charge in [-0.1, -0.05) is 48.0 Å². The minimum absolute atomic E-state index is 0.606. The second-order valence-corrected chi connectivity index (χ2v) is 6.25. The zero-order chi connectivity index (χ0) is 17.5. The lowest BCUT2D eigenvalue weighted by atomic mass is 10.0. The summed E-state index contributed by atoms with van der Waals surface area (Å²) < 4.78 is 5.93. The van der Waals surface area contributed by atoms with Gasteiger partial charge in [-0.2, -0.15) is 0 Å². The average Bonchev–Trinajstić information content (AvgIpc) is 2.66. The van der Waals surface area contributed by atoms with Gasteiger partial charge in [0.25, 0.3) is 0 Å². The van der Waals surface area contributed by atoms with Gasteiger partial charge in [0.05, 0.1) is 0 Å². The van der Waals surface area contributed by atoms with Crippen molar-refractivity contribution in [3.05, 3.63) is 76.8 Å². The van der Waals surface area contributed by atoms with Crippen LogP contribution in [0.4, 0.5) is 0 Å². The third kappa shape index (κ3) is 4.59. The Morgan fingerprint density at radius 2 is 1.68 bits per heavy atom. The first-order valence-electron chi connectivity index (χ1n) is 8.38. The maximum Gasteiger partial charge on any atom is 0.127 e. The molecule has 128 valence electrons. The van der Waals surface area contributed by atoms with Gasteiger partial charge in [0.1, 0.15) is 12.4 Å². The third-order valence-corrected chi connectivity index (χ3v) is 4.37. The number of fused-ring (bicyclic) bond motifs is 1. The molecule has 0 aromatic heterocycles. The van der Waals surface area contributed by atoms with Gasteiger partial charge in [0, 0.05) is 28.7 Å². The van der Waals surface area contributed by atoms with E-state index in [0.29, 0.717) is 6.61 Å². The molecule has 3 aromatic rings. The number of halogens is 1. The summed E-state index contributed by atoms with van der Waals surface area (Å²) in [5.74, 6) is 0.862. The number of benzene rings is 3. The van der Waals surface area contributed by atoms with Crippen LogP contribution in [0, 0.1) is 5.41 Å². The highest BCUT2D eigenvalue weighted by atomic mass is 35.5. The normalized spacial score (nSPS) is 10.8. The Morgan fingerprint density at radius 1 is 0.920 bits per heavy atom. The minimum Gasteiger partial charge on any atom is -0.492 e. The molecule has 0 heterocycles. The van der Waals surface area contributed by atoms with Crippen molar-refractivity contribution in [2.24, 2.45) is 0 Å². The van der Waals surface area contributed by atoms with Crippen LogP contribution in [0.5, 0.6) is 5.75 Å². The lowest BCUT2D eigenvalue weighted by molar-refractivity contribution is 0.318. The highest BCUT2D eigenvalue weighted by molar-refractivity contribution is 6.30. The molecule has 3 rings (SSSR count). The molecule has 0 aliphatic carbocycles. The molecule has 0 unspecified atom stereocenters. The molecule has 4 heteroatoms. The van der Waals surface area contributed by atoms with Gasteiger partial charge in [-0.05, 0) is 48.2 Å². The fourth-order valence-electron chi connectivity index (χ4n) is 2.79. The Kier molecular flexibility index (Phi) is 6.04. The molecule has 25 heavy (non-hydrogen) atoms. The van der Waals surface area contributed by atoms with Crippen molar-refractivity contribution in [1.82, 2.24) is 5.32 Å². The van der Waals surface area contributed by atoms with Crippen molar-refractivity contribution in [3.63, 3.8) is 0 Å². The van der Waals surface area contributed by atoms with Crippen molar-refractivity contribution in [2.45, 2.75) is 6.42 Å². The summed E-state index contributed by atoms with van der Waals surface area (Å²) in [6.07, 6.45) is 2.35. The Balaban J connectivity index is 1.48. The molecule has 0 saturated carbocycles. The molecule has 3 aromatic carbocycles. The van der Waals surface area contributed by atoms with Gasteiger partial charge in [-0.3, -0.25) is 0 Å². The zero-order valence-electron chi connectivity index (χ0n) is 14.0. The average molecular weight is 353 g/mol. The number of hydrogen-bond acceptors (Lipinski definition) is 3. The number of ether oxygens (including phenoxy) is 1. The summed E-state index contributed by atoms with van der Waals surface area (Å²) in [6, 6.07) is 19.8. The van der Waals surface area contributed by atoms with Crippen LogP contribution in [0.3, 0.4) is 0 Å². The van der Waals surface area contributed by atoms with Crippen LogP contribution in [0.2, 0.25) is 5.02 Å². The Labute approximate surface area is 153 Å². The highest BCUT2D eigenvalue weighted by Gasteiger charge is 2.05. The van der Waals surface area contributed by atoms with Crippen molar-refractivity contribution >= 4 is 28.6 Å². The molecular formula is C21H21ClN2O. The predicted molar refractivity (Wildman–Crippen MR) is 105 cm³/mol. The van der Waals surface area contributed by atoms with Crippen LogP contribution >= 0.6 is 11.6 Å².